The molecule has 0 fully saturated rings. The van der Waals surface area contributed by atoms with E-state index in [4.69, 9.17) is 6.57 Å². The molecule has 0 spiro atoms. The lowest BCUT2D eigenvalue weighted by Crippen LogP contribution is -2.07. The van der Waals surface area contributed by atoms with Crippen LogP contribution in [0.1, 0.15) is 11.1 Å². The molecule has 0 aliphatic carbocycles. The Balaban J connectivity index is 1.18. The molecule has 0 unspecified atom stereocenters. The normalized spacial score (nSPS) is 11.6. The van der Waals surface area contributed by atoms with Crippen molar-refractivity contribution < 1.29 is 13.2 Å². The van der Waals surface area contributed by atoms with Crippen molar-refractivity contribution >= 4 is 49.3 Å². The smallest absolute Gasteiger partial charge is 0.308 e. The van der Waals surface area contributed by atoms with E-state index in [0.717, 1.165) is 101 Å². The fraction of sp³-hybridized carbons (Fsp3) is 0.0164. The summed E-state index contributed by atoms with van der Waals surface area (Å²) in [6, 6.07) is 65.6. The van der Waals surface area contributed by atoms with Crippen LogP contribution in [0.15, 0.2) is 213 Å². The summed E-state index contributed by atoms with van der Waals surface area (Å²) >= 11 is 0. The minimum Gasteiger partial charge on any atom is -0.308 e. The van der Waals surface area contributed by atoms with Gasteiger partial charge in [-0.25, -0.2) is 4.85 Å². The van der Waals surface area contributed by atoms with Crippen molar-refractivity contribution in [3.8, 4) is 73.3 Å². The first-order valence-corrected chi connectivity index (χ1v) is 22.5. The number of halogens is 3. The molecule has 8 aromatic carbocycles. The summed E-state index contributed by atoms with van der Waals surface area (Å²) in [7, 11) is 0. The zero-order chi connectivity index (χ0) is 47.5. The number of nitriles is 1. The van der Waals surface area contributed by atoms with Gasteiger partial charge < -0.3 is 9.13 Å². The molecular weight excluding hydrogens is 874 g/mol. The molecule has 0 radical (unpaired) electrons. The average molecular weight is 909 g/mol. The topological polar surface area (TPSA) is 63.8 Å². The van der Waals surface area contributed by atoms with Gasteiger partial charge >= 0.3 is 6.18 Å². The van der Waals surface area contributed by atoms with Crippen LogP contribution in [0.5, 0.6) is 0 Å². The number of rotatable bonds is 7. The Kier molecular flexibility index (Phi) is 9.94. The largest absolute Gasteiger partial charge is 0.415 e. The molecule has 12 aromatic rings. The molecular formula is C61H35F3N6. The standard InChI is InChI=1S/C61H35F3N6/c1-66-47-31-45(30-46(36-47)61(62,63)64)60-58(69-54-18-10-8-16-48(54)50-22-20-41(34-56(50)69)43-24-26-67-52(32-43)39-12-4-2-5-13-39)28-38(37-65)29-59(60)70-55-19-11-9-17-49(55)51-23-21-42(35-57(51)70)44-25-27-68-53(33-44)40-14-6-3-7-15-40/h2-36H. The molecule has 9 heteroatoms. The Morgan fingerprint density at radius 1 is 0.443 bits per heavy atom. The molecule has 0 atom stereocenters. The van der Waals surface area contributed by atoms with Crippen LogP contribution in [0.25, 0.3) is 116 Å². The Morgan fingerprint density at radius 3 is 1.37 bits per heavy atom. The molecule has 6 nitrogen and oxygen atoms in total. The summed E-state index contributed by atoms with van der Waals surface area (Å²) in [5.41, 5.74) is 11.0. The lowest BCUT2D eigenvalue weighted by Gasteiger charge is -2.22. The summed E-state index contributed by atoms with van der Waals surface area (Å²) in [4.78, 5) is 12.9. The van der Waals surface area contributed by atoms with Crippen LogP contribution in [-0.2, 0) is 6.18 Å². The maximum atomic E-state index is 15.0. The van der Waals surface area contributed by atoms with Crippen molar-refractivity contribution in [3.05, 3.63) is 235 Å². The van der Waals surface area contributed by atoms with Crippen LogP contribution in [0.2, 0.25) is 0 Å². The zero-order valence-electron chi connectivity index (χ0n) is 37.0. The first-order valence-electron chi connectivity index (χ1n) is 22.5. The predicted octanol–water partition coefficient (Wildman–Crippen LogP) is 16.4. The molecule has 4 heterocycles. The van der Waals surface area contributed by atoms with E-state index in [1.807, 2.05) is 143 Å². The second-order valence-corrected chi connectivity index (χ2v) is 17.1. The number of para-hydroxylation sites is 2. The van der Waals surface area contributed by atoms with E-state index in [1.54, 1.807) is 24.5 Å². The third-order valence-corrected chi connectivity index (χ3v) is 13.0. The van der Waals surface area contributed by atoms with E-state index in [-0.39, 0.29) is 11.3 Å². The van der Waals surface area contributed by atoms with Crippen molar-refractivity contribution in [2.75, 3.05) is 0 Å². The predicted molar refractivity (Wildman–Crippen MR) is 274 cm³/mol. The van der Waals surface area contributed by atoms with Crippen molar-refractivity contribution in [3.63, 3.8) is 0 Å². The van der Waals surface area contributed by atoms with Gasteiger partial charge in [-0.05, 0) is 107 Å². The molecule has 0 saturated heterocycles. The van der Waals surface area contributed by atoms with Gasteiger partial charge in [0.25, 0.3) is 0 Å². The quantitative estimate of drug-likeness (QED) is 0.150. The Hall–Kier alpha value is -9.57. The monoisotopic (exact) mass is 908 g/mol. The van der Waals surface area contributed by atoms with Gasteiger partial charge in [0.05, 0.1) is 63.0 Å². The van der Waals surface area contributed by atoms with Crippen LogP contribution >= 0.6 is 0 Å². The highest BCUT2D eigenvalue weighted by molar-refractivity contribution is 6.13. The van der Waals surface area contributed by atoms with Gasteiger partial charge in [0.15, 0.2) is 5.69 Å². The van der Waals surface area contributed by atoms with Crippen molar-refractivity contribution in [1.82, 2.24) is 19.1 Å². The number of benzene rings is 8. The number of alkyl halides is 3. The van der Waals surface area contributed by atoms with Gasteiger partial charge in [-0.15, -0.1) is 0 Å². The molecule has 70 heavy (non-hydrogen) atoms. The molecule has 4 aromatic heterocycles. The number of fused-ring (bicyclic) bond motifs is 6. The maximum absolute atomic E-state index is 15.0. The van der Waals surface area contributed by atoms with Crippen molar-refractivity contribution in [2.45, 2.75) is 6.18 Å². The fourth-order valence-corrected chi connectivity index (χ4v) is 9.88. The minimum absolute atomic E-state index is 0.168. The fourth-order valence-electron chi connectivity index (χ4n) is 9.88. The van der Waals surface area contributed by atoms with E-state index in [1.165, 1.54) is 6.07 Å². The average Bonchev–Trinajstić information content (AvgIpc) is 3.93. The molecule has 330 valence electrons. The van der Waals surface area contributed by atoms with E-state index in [9.17, 15) is 5.26 Å². The Morgan fingerprint density at radius 2 is 0.900 bits per heavy atom. The Bertz CT molecular complexity index is 3920. The third-order valence-electron chi connectivity index (χ3n) is 13.0. The number of nitrogens with zero attached hydrogens (tertiary/aromatic N) is 6. The first kappa shape index (κ1) is 41.8. The van der Waals surface area contributed by atoms with Gasteiger partial charge in [0.1, 0.15) is 0 Å². The molecule has 0 aliphatic heterocycles. The van der Waals surface area contributed by atoms with E-state index < -0.39 is 11.7 Å². The molecule has 0 amide bonds. The highest BCUT2D eigenvalue weighted by Crippen LogP contribution is 2.46. The van der Waals surface area contributed by atoms with Gasteiger partial charge in [0, 0.05) is 56.2 Å². The van der Waals surface area contributed by atoms with Gasteiger partial charge in [0.2, 0.25) is 0 Å². The number of aromatic nitrogens is 4. The van der Waals surface area contributed by atoms with Crippen LogP contribution in [0.4, 0.5) is 18.9 Å². The third kappa shape index (κ3) is 7.13. The number of hydrogen-bond donors (Lipinski definition) is 0. The summed E-state index contributed by atoms with van der Waals surface area (Å²) < 4.78 is 49.2. The summed E-state index contributed by atoms with van der Waals surface area (Å²) in [6.07, 6.45) is -1.19. The molecule has 12 rings (SSSR count). The highest BCUT2D eigenvalue weighted by atomic mass is 19.4. The summed E-state index contributed by atoms with van der Waals surface area (Å²) in [6.45, 7) is 8.03. The van der Waals surface area contributed by atoms with Gasteiger partial charge in [-0.3, -0.25) is 9.97 Å². The number of pyridine rings is 2. The van der Waals surface area contributed by atoms with Crippen molar-refractivity contribution in [1.29, 1.82) is 5.26 Å². The summed E-state index contributed by atoms with van der Waals surface area (Å²) in [5.74, 6) is 0. The minimum atomic E-state index is -4.77. The SMILES string of the molecule is [C-]#[N+]c1cc(-c2c(-n3c4ccccc4c4ccc(-c5ccnc(-c6ccccc6)c5)cc43)cc(C#N)cc2-n2c3ccccc3c3ccc(-c4ccnc(-c5ccccc5)c4)cc32)cc(C(F)(F)F)c1. The highest BCUT2D eigenvalue weighted by Gasteiger charge is 2.32. The van der Waals surface area contributed by atoms with Crippen LogP contribution in [0, 0.1) is 17.9 Å². The molecule has 0 saturated carbocycles. The lowest BCUT2D eigenvalue weighted by atomic mass is 9.95. The van der Waals surface area contributed by atoms with Crippen LogP contribution < -0.4 is 0 Å². The second-order valence-electron chi connectivity index (χ2n) is 17.1. The molecule has 0 N–H and O–H groups in total. The Labute approximate surface area is 399 Å². The lowest BCUT2D eigenvalue weighted by molar-refractivity contribution is -0.137. The zero-order valence-corrected chi connectivity index (χ0v) is 37.0. The number of hydrogen-bond acceptors (Lipinski definition) is 3. The van der Waals surface area contributed by atoms with Gasteiger partial charge in [-0.1, -0.05) is 121 Å². The van der Waals surface area contributed by atoms with E-state index in [0.29, 0.717) is 22.5 Å². The van der Waals surface area contributed by atoms with E-state index >= 15 is 13.2 Å². The first-order chi connectivity index (χ1) is 34.2. The maximum Gasteiger partial charge on any atom is 0.415 e. The molecule has 0 bridgehead atoms. The van der Waals surface area contributed by atoms with Crippen LogP contribution in [0.3, 0.4) is 0 Å². The van der Waals surface area contributed by atoms with Gasteiger partial charge in [-0.2, -0.15) is 18.4 Å². The molecule has 0 aliphatic rings. The second kappa shape index (κ2) is 16.6. The van der Waals surface area contributed by atoms with E-state index in [2.05, 4.69) is 57.3 Å². The van der Waals surface area contributed by atoms with Crippen molar-refractivity contribution in [2.24, 2.45) is 0 Å². The van der Waals surface area contributed by atoms with Crippen LogP contribution in [-0.4, -0.2) is 19.1 Å². The summed E-state index contributed by atoms with van der Waals surface area (Å²) in [5, 5.41) is 14.6.